The fraction of sp³-hybridized carbons (Fsp3) is 0.316. The van der Waals surface area contributed by atoms with Gasteiger partial charge in [-0.15, -0.1) is 0 Å². The molecule has 4 rings (SSSR count). The third kappa shape index (κ3) is 2.80. The molecule has 0 saturated heterocycles. The SMILES string of the molecule is N[C@@H]1CCC[C@H](c2cc3c(-c4cccc(F)c4)c(Cl)cnc3[nH]2)C1. The maximum Gasteiger partial charge on any atom is 0.138 e. The zero-order valence-electron chi connectivity index (χ0n) is 13.2. The quantitative estimate of drug-likeness (QED) is 0.687. The van der Waals surface area contributed by atoms with E-state index in [1.165, 1.54) is 12.1 Å². The number of fused-ring (bicyclic) bond motifs is 1. The Morgan fingerprint density at radius 2 is 2.12 bits per heavy atom. The van der Waals surface area contributed by atoms with Gasteiger partial charge in [-0.25, -0.2) is 9.37 Å². The molecular weight excluding hydrogens is 325 g/mol. The molecule has 3 N–H and O–H groups in total. The normalized spacial score (nSPS) is 21.3. The monoisotopic (exact) mass is 343 g/mol. The van der Waals surface area contributed by atoms with Crippen LogP contribution in [0.4, 0.5) is 4.39 Å². The number of benzene rings is 1. The van der Waals surface area contributed by atoms with Crippen LogP contribution in [0.25, 0.3) is 22.2 Å². The number of aromatic amines is 1. The van der Waals surface area contributed by atoms with Gasteiger partial charge in [0.25, 0.3) is 0 Å². The van der Waals surface area contributed by atoms with Crippen molar-refractivity contribution in [1.82, 2.24) is 9.97 Å². The van der Waals surface area contributed by atoms with Crippen LogP contribution in [-0.2, 0) is 0 Å². The highest BCUT2D eigenvalue weighted by atomic mass is 35.5. The molecule has 2 atom stereocenters. The first-order valence-electron chi connectivity index (χ1n) is 8.30. The standard InChI is InChI=1S/C19H19ClFN3/c20-16-10-23-19-15(18(16)12-4-1-5-13(21)7-12)9-17(24-19)11-3-2-6-14(22)8-11/h1,4-5,7,9-11,14H,2-3,6,8,22H2,(H,23,24)/t11-,14+/m0/s1. The summed E-state index contributed by atoms with van der Waals surface area (Å²) in [4.78, 5) is 7.83. The Bertz CT molecular complexity index is 889. The Morgan fingerprint density at radius 1 is 1.25 bits per heavy atom. The maximum absolute atomic E-state index is 13.6. The molecule has 1 fully saturated rings. The number of halogens is 2. The van der Waals surface area contributed by atoms with Gasteiger partial charge in [0, 0.05) is 34.8 Å². The largest absolute Gasteiger partial charge is 0.343 e. The van der Waals surface area contributed by atoms with Gasteiger partial charge in [-0.2, -0.15) is 0 Å². The molecule has 2 heterocycles. The average molecular weight is 344 g/mol. The Labute approximate surface area is 145 Å². The van der Waals surface area contributed by atoms with Gasteiger partial charge in [-0.1, -0.05) is 30.2 Å². The van der Waals surface area contributed by atoms with E-state index in [1.54, 1.807) is 12.3 Å². The number of rotatable bonds is 2. The molecule has 24 heavy (non-hydrogen) atoms. The number of aromatic nitrogens is 2. The molecule has 0 aliphatic heterocycles. The molecule has 0 spiro atoms. The summed E-state index contributed by atoms with van der Waals surface area (Å²) in [6.07, 6.45) is 5.97. The minimum atomic E-state index is -0.275. The lowest BCUT2D eigenvalue weighted by molar-refractivity contribution is 0.389. The Kier molecular flexibility index (Phi) is 4.02. The van der Waals surface area contributed by atoms with Crippen molar-refractivity contribution >= 4 is 22.6 Å². The summed E-state index contributed by atoms with van der Waals surface area (Å²) in [5, 5.41) is 1.46. The van der Waals surface area contributed by atoms with Crippen LogP contribution in [0, 0.1) is 5.82 Å². The van der Waals surface area contributed by atoms with E-state index in [1.807, 2.05) is 6.07 Å². The predicted molar refractivity (Wildman–Crippen MR) is 95.7 cm³/mol. The van der Waals surface area contributed by atoms with Crippen LogP contribution in [0.3, 0.4) is 0 Å². The van der Waals surface area contributed by atoms with E-state index < -0.39 is 0 Å². The minimum Gasteiger partial charge on any atom is -0.343 e. The summed E-state index contributed by atoms with van der Waals surface area (Å²) < 4.78 is 13.6. The van der Waals surface area contributed by atoms with Gasteiger partial charge in [-0.3, -0.25) is 0 Å². The van der Waals surface area contributed by atoms with Crippen molar-refractivity contribution in [1.29, 1.82) is 0 Å². The van der Waals surface area contributed by atoms with Crippen molar-refractivity contribution in [2.45, 2.75) is 37.6 Å². The van der Waals surface area contributed by atoms with Crippen LogP contribution in [0.2, 0.25) is 5.02 Å². The van der Waals surface area contributed by atoms with Crippen molar-refractivity contribution in [3.05, 3.63) is 53.1 Å². The van der Waals surface area contributed by atoms with Crippen LogP contribution < -0.4 is 5.73 Å². The van der Waals surface area contributed by atoms with Gasteiger partial charge >= 0.3 is 0 Å². The van der Waals surface area contributed by atoms with Crippen molar-refractivity contribution in [3.8, 4) is 11.1 Å². The van der Waals surface area contributed by atoms with E-state index >= 15 is 0 Å². The molecule has 1 aliphatic rings. The fourth-order valence-electron chi connectivity index (χ4n) is 3.74. The van der Waals surface area contributed by atoms with Crippen molar-refractivity contribution in [2.75, 3.05) is 0 Å². The molecule has 1 aliphatic carbocycles. The molecule has 5 heteroatoms. The van der Waals surface area contributed by atoms with Crippen LogP contribution in [0.15, 0.2) is 36.5 Å². The van der Waals surface area contributed by atoms with E-state index in [4.69, 9.17) is 17.3 Å². The van der Waals surface area contributed by atoms with Gasteiger partial charge in [0.05, 0.1) is 5.02 Å². The van der Waals surface area contributed by atoms with Crippen LogP contribution in [0.5, 0.6) is 0 Å². The molecule has 0 radical (unpaired) electrons. The smallest absolute Gasteiger partial charge is 0.138 e. The van der Waals surface area contributed by atoms with Gasteiger partial charge in [0.1, 0.15) is 11.5 Å². The van der Waals surface area contributed by atoms with Crippen LogP contribution in [-0.4, -0.2) is 16.0 Å². The summed E-state index contributed by atoms with van der Waals surface area (Å²) in [7, 11) is 0. The van der Waals surface area contributed by atoms with Gasteiger partial charge in [0.15, 0.2) is 0 Å². The topological polar surface area (TPSA) is 54.7 Å². The van der Waals surface area contributed by atoms with Crippen molar-refractivity contribution in [3.63, 3.8) is 0 Å². The summed E-state index contributed by atoms with van der Waals surface area (Å²) in [5.74, 6) is 0.143. The summed E-state index contributed by atoms with van der Waals surface area (Å²) >= 11 is 6.39. The predicted octanol–water partition coefficient (Wildman–Crippen LogP) is 5.01. The van der Waals surface area contributed by atoms with Crippen molar-refractivity contribution < 1.29 is 4.39 Å². The second-order valence-electron chi connectivity index (χ2n) is 6.60. The number of H-pyrrole nitrogens is 1. The molecule has 3 aromatic rings. The van der Waals surface area contributed by atoms with E-state index in [-0.39, 0.29) is 11.9 Å². The number of nitrogens with one attached hydrogen (secondary N) is 1. The van der Waals surface area contributed by atoms with Crippen LogP contribution in [0.1, 0.15) is 37.3 Å². The van der Waals surface area contributed by atoms with E-state index in [9.17, 15) is 4.39 Å². The highest BCUT2D eigenvalue weighted by molar-refractivity contribution is 6.34. The number of hydrogen-bond donors (Lipinski definition) is 2. The van der Waals surface area contributed by atoms with E-state index in [0.717, 1.165) is 53.5 Å². The summed E-state index contributed by atoms with van der Waals surface area (Å²) in [6, 6.07) is 8.87. The fourth-order valence-corrected chi connectivity index (χ4v) is 4.00. The zero-order valence-corrected chi connectivity index (χ0v) is 14.0. The first-order valence-corrected chi connectivity index (χ1v) is 8.68. The van der Waals surface area contributed by atoms with Gasteiger partial charge in [0.2, 0.25) is 0 Å². The zero-order chi connectivity index (χ0) is 16.7. The lowest BCUT2D eigenvalue weighted by atomic mass is 9.84. The number of pyridine rings is 1. The maximum atomic E-state index is 13.6. The Morgan fingerprint density at radius 3 is 2.92 bits per heavy atom. The third-order valence-corrected chi connectivity index (χ3v) is 5.19. The number of nitrogens with two attached hydrogens (primary N) is 1. The molecule has 124 valence electrons. The summed E-state index contributed by atoms with van der Waals surface area (Å²) in [6.45, 7) is 0. The Balaban J connectivity index is 1.83. The molecule has 3 nitrogen and oxygen atoms in total. The number of nitrogens with zero attached hydrogens (tertiary/aromatic N) is 1. The molecular formula is C19H19ClFN3. The number of hydrogen-bond acceptors (Lipinski definition) is 2. The molecule has 1 aromatic carbocycles. The summed E-state index contributed by atoms with van der Waals surface area (Å²) in [5.41, 5.74) is 9.64. The molecule has 1 saturated carbocycles. The molecule has 0 amide bonds. The highest BCUT2D eigenvalue weighted by Gasteiger charge is 2.23. The molecule has 0 bridgehead atoms. The van der Waals surface area contributed by atoms with Gasteiger partial charge < -0.3 is 10.7 Å². The second kappa shape index (κ2) is 6.19. The van der Waals surface area contributed by atoms with E-state index in [2.05, 4.69) is 16.0 Å². The average Bonchev–Trinajstić information content (AvgIpc) is 2.99. The molecule has 2 aromatic heterocycles. The Hall–Kier alpha value is -1.91. The first-order chi connectivity index (χ1) is 11.6. The third-order valence-electron chi connectivity index (χ3n) is 4.90. The van der Waals surface area contributed by atoms with Crippen LogP contribution >= 0.6 is 11.6 Å². The van der Waals surface area contributed by atoms with E-state index in [0.29, 0.717) is 10.9 Å². The lowest BCUT2D eigenvalue weighted by Gasteiger charge is -2.25. The minimum absolute atomic E-state index is 0.259. The lowest BCUT2D eigenvalue weighted by Crippen LogP contribution is -2.26. The second-order valence-corrected chi connectivity index (χ2v) is 7.01. The van der Waals surface area contributed by atoms with Crippen molar-refractivity contribution in [2.24, 2.45) is 5.73 Å². The van der Waals surface area contributed by atoms with Gasteiger partial charge in [-0.05, 0) is 43.0 Å². The first kappa shape index (κ1) is 15.6. The highest BCUT2D eigenvalue weighted by Crippen LogP contribution is 2.38. The molecule has 0 unspecified atom stereocenters.